The summed E-state index contributed by atoms with van der Waals surface area (Å²) < 4.78 is 0. The van der Waals surface area contributed by atoms with E-state index in [0.717, 1.165) is 19.3 Å². The van der Waals surface area contributed by atoms with Gasteiger partial charge in [0.2, 0.25) is 17.0 Å². The highest BCUT2D eigenvalue weighted by Crippen LogP contribution is 2.15. The van der Waals surface area contributed by atoms with Gasteiger partial charge in [-0.2, -0.15) is 4.98 Å². The predicted octanol–water partition coefficient (Wildman–Crippen LogP) is 2.38. The van der Waals surface area contributed by atoms with Crippen LogP contribution in [0.1, 0.15) is 39.5 Å². The number of nitrogens with one attached hydrogen (secondary N) is 2. The van der Waals surface area contributed by atoms with Gasteiger partial charge in [-0.3, -0.25) is 14.9 Å². The lowest BCUT2D eigenvalue weighted by Gasteiger charge is -2.11. The first-order valence-electron chi connectivity index (χ1n) is 6.94. The van der Waals surface area contributed by atoms with Crippen LogP contribution in [0, 0.1) is 11.8 Å². The van der Waals surface area contributed by atoms with Crippen molar-refractivity contribution in [1.29, 1.82) is 0 Å². The van der Waals surface area contributed by atoms with Crippen molar-refractivity contribution in [2.75, 3.05) is 11.6 Å². The molecule has 0 aliphatic carbocycles. The molecule has 1 rings (SSSR count). The fourth-order valence-electron chi connectivity index (χ4n) is 1.79. The van der Waals surface area contributed by atoms with E-state index in [1.54, 1.807) is 6.92 Å². The normalized spacial score (nSPS) is 13.7. The number of aliphatic carboxylic acids is 1. The summed E-state index contributed by atoms with van der Waals surface area (Å²) >= 11 is 1.39. The molecule has 0 fully saturated rings. The maximum atomic E-state index is 11.9. The van der Waals surface area contributed by atoms with Gasteiger partial charge in [-0.05, 0) is 19.1 Å². The number of amides is 1. The Kier molecular flexibility index (Phi) is 7.21. The highest BCUT2D eigenvalue weighted by Gasteiger charge is 2.15. The average molecular weight is 314 g/mol. The van der Waals surface area contributed by atoms with Gasteiger partial charge >= 0.3 is 5.97 Å². The molecular weight excluding hydrogens is 292 g/mol. The van der Waals surface area contributed by atoms with Crippen LogP contribution in [0.3, 0.4) is 0 Å². The van der Waals surface area contributed by atoms with Crippen LogP contribution in [0.4, 0.5) is 5.95 Å². The molecule has 2 unspecified atom stereocenters. The van der Waals surface area contributed by atoms with E-state index in [-0.39, 0.29) is 17.7 Å². The molecule has 0 aromatic carbocycles. The maximum absolute atomic E-state index is 11.9. The number of thioether (sulfide) groups is 1. The second kappa shape index (κ2) is 8.66. The van der Waals surface area contributed by atoms with Crippen molar-refractivity contribution in [3.63, 3.8) is 0 Å². The van der Waals surface area contributed by atoms with Crippen LogP contribution in [0.25, 0.3) is 0 Å². The standard InChI is InChI=1S/C13H22N4O3S/c1-8(6-4-5-7-9(2)11(19)20)10(18)14-12-15-13(21-3)17-16-12/h8-9H,4-7H2,1-3H3,(H,19,20)(H2,14,15,16,17,18). The number of anilines is 1. The van der Waals surface area contributed by atoms with E-state index in [9.17, 15) is 9.59 Å². The van der Waals surface area contributed by atoms with Gasteiger partial charge in [-0.15, -0.1) is 5.10 Å². The minimum absolute atomic E-state index is 0.106. The molecule has 0 aliphatic rings. The molecule has 3 N–H and O–H groups in total. The zero-order valence-electron chi connectivity index (χ0n) is 12.5. The van der Waals surface area contributed by atoms with Gasteiger partial charge < -0.3 is 5.11 Å². The van der Waals surface area contributed by atoms with Crippen molar-refractivity contribution in [1.82, 2.24) is 15.2 Å². The Bertz CT molecular complexity index is 478. The highest BCUT2D eigenvalue weighted by molar-refractivity contribution is 7.98. The molecule has 1 aromatic rings. The molecule has 1 aromatic heterocycles. The summed E-state index contributed by atoms with van der Waals surface area (Å²) in [6.45, 7) is 3.55. The van der Waals surface area contributed by atoms with E-state index in [1.165, 1.54) is 11.8 Å². The van der Waals surface area contributed by atoms with Gasteiger partial charge in [-0.25, -0.2) is 5.10 Å². The largest absolute Gasteiger partial charge is 0.481 e. The molecule has 8 heteroatoms. The zero-order valence-corrected chi connectivity index (χ0v) is 13.4. The van der Waals surface area contributed by atoms with Crippen LogP contribution < -0.4 is 5.32 Å². The molecule has 0 spiro atoms. The summed E-state index contributed by atoms with van der Waals surface area (Å²) in [7, 11) is 0. The van der Waals surface area contributed by atoms with E-state index in [4.69, 9.17) is 5.11 Å². The van der Waals surface area contributed by atoms with E-state index in [2.05, 4.69) is 20.5 Å². The molecule has 2 atom stereocenters. The molecule has 1 amide bonds. The number of hydrogen-bond donors (Lipinski definition) is 3. The first-order chi connectivity index (χ1) is 9.93. The van der Waals surface area contributed by atoms with Crippen LogP contribution in [0.5, 0.6) is 0 Å². The van der Waals surface area contributed by atoms with Gasteiger partial charge in [0.25, 0.3) is 0 Å². The summed E-state index contributed by atoms with van der Waals surface area (Å²) in [5.41, 5.74) is 0. The highest BCUT2D eigenvalue weighted by atomic mass is 32.2. The summed E-state index contributed by atoms with van der Waals surface area (Å²) in [4.78, 5) is 26.7. The molecule has 1 heterocycles. The number of nitrogens with zero attached hydrogens (tertiary/aromatic N) is 2. The molecular formula is C13H22N4O3S. The van der Waals surface area contributed by atoms with Gasteiger partial charge in [0, 0.05) is 5.92 Å². The maximum Gasteiger partial charge on any atom is 0.306 e. The van der Waals surface area contributed by atoms with E-state index >= 15 is 0 Å². The molecule has 0 aliphatic heterocycles. The predicted molar refractivity (Wildman–Crippen MR) is 81.2 cm³/mol. The summed E-state index contributed by atoms with van der Waals surface area (Å²) in [5.74, 6) is -0.988. The average Bonchev–Trinajstić information content (AvgIpc) is 2.90. The van der Waals surface area contributed by atoms with Crippen LogP contribution in [-0.2, 0) is 9.59 Å². The van der Waals surface area contributed by atoms with Crippen LogP contribution >= 0.6 is 11.8 Å². The number of carbonyl (C=O) groups excluding carboxylic acids is 1. The first-order valence-corrected chi connectivity index (χ1v) is 8.16. The summed E-state index contributed by atoms with van der Waals surface area (Å²) in [5, 5.41) is 18.6. The third-order valence-corrected chi connectivity index (χ3v) is 3.83. The van der Waals surface area contributed by atoms with Gasteiger partial charge in [0.15, 0.2) is 0 Å². The van der Waals surface area contributed by atoms with E-state index in [1.807, 2.05) is 13.2 Å². The third kappa shape index (κ3) is 6.16. The third-order valence-electron chi connectivity index (χ3n) is 3.28. The van der Waals surface area contributed by atoms with Crippen LogP contribution in [-0.4, -0.2) is 38.4 Å². The number of unbranched alkanes of at least 4 members (excludes halogenated alkanes) is 1. The minimum Gasteiger partial charge on any atom is -0.481 e. The Labute approximate surface area is 128 Å². The van der Waals surface area contributed by atoms with Crippen molar-refractivity contribution in [2.45, 2.75) is 44.7 Å². The molecule has 0 bridgehead atoms. The topological polar surface area (TPSA) is 108 Å². The SMILES string of the molecule is CSc1n[nH]c(NC(=O)C(C)CCCCC(C)C(=O)O)n1. The number of rotatable bonds is 9. The molecule has 0 saturated heterocycles. The quantitative estimate of drug-likeness (QED) is 0.477. The zero-order chi connectivity index (χ0) is 15.8. The Hall–Kier alpha value is -1.57. The van der Waals surface area contributed by atoms with Gasteiger partial charge in [0.05, 0.1) is 5.92 Å². The summed E-state index contributed by atoms with van der Waals surface area (Å²) in [6, 6.07) is 0. The minimum atomic E-state index is -0.768. The Morgan fingerprint density at radius 1 is 1.29 bits per heavy atom. The number of aromatic nitrogens is 3. The van der Waals surface area contributed by atoms with E-state index < -0.39 is 5.97 Å². The molecule has 21 heavy (non-hydrogen) atoms. The first kappa shape index (κ1) is 17.5. The van der Waals surface area contributed by atoms with Gasteiger partial charge in [-0.1, -0.05) is 38.5 Å². The molecule has 7 nitrogen and oxygen atoms in total. The number of carbonyl (C=O) groups is 2. The fourth-order valence-corrected chi connectivity index (χ4v) is 2.11. The van der Waals surface area contributed by atoms with Crippen molar-refractivity contribution in [2.24, 2.45) is 11.8 Å². The Morgan fingerprint density at radius 3 is 2.43 bits per heavy atom. The molecule has 118 valence electrons. The lowest BCUT2D eigenvalue weighted by atomic mass is 9.98. The Morgan fingerprint density at radius 2 is 1.90 bits per heavy atom. The van der Waals surface area contributed by atoms with Crippen LogP contribution in [0.15, 0.2) is 5.16 Å². The fraction of sp³-hybridized carbons (Fsp3) is 0.692. The molecule has 0 radical (unpaired) electrons. The Balaban J connectivity index is 2.26. The number of hydrogen-bond acceptors (Lipinski definition) is 5. The smallest absolute Gasteiger partial charge is 0.306 e. The number of H-pyrrole nitrogens is 1. The second-order valence-corrected chi connectivity index (χ2v) is 5.86. The van der Waals surface area contributed by atoms with E-state index in [0.29, 0.717) is 17.5 Å². The van der Waals surface area contributed by atoms with Crippen molar-refractivity contribution in [3.8, 4) is 0 Å². The number of carboxylic acid groups (broad SMARTS) is 1. The monoisotopic (exact) mass is 314 g/mol. The molecule has 0 saturated carbocycles. The van der Waals surface area contributed by atoms with Crippen molar-refractivity contribution >= 4 is 29.6 Å². The second-order valence-electron chi connectivity index (χ2n) is 5.08. The van der Waals surface area contributed by atoms with Crippen molar-refractivity contribution in [3.05, 3.63) is 0 Å². The number of aromatic amines is 1. The summed E-state index contributed by atoms with van der Waals surface area (Å²) in [6.07, 6.45) is 4.86. The van der Waals surface area contributed by atoms with Crippen LogP contribution in [0.2, 0.25) is 0 Å². The van der Waals surface area contributed by atoms with Crippen molar-refractivity contribution < 1.29 is 14.7 Å². The van der Waals surface area contributed by atoms with Gasteiger partial charge in [0.1, 0.15) is 0 Å². The lowest BCUT2D eigenvalue weighted by molar-refractivity contribution is -0.141. The number of carboxylic acids is 1. The lowest BCUT2D eigenvalue weighted by Crippen LogP contribution is -2.21.